The Balaban J connectivity index is 0. The standard InChI is InChI=1S/In.H2O.Ti.Zn.3H/h;1H2;;;;;. The maximum atomic E-state index is 0. The van der Waals surface area contributed by atoms with Gasteiger partial charge in [0.15, 0.2) is 0 Å². The molecule has 0 aliphatic heterocycles. The van der Waals surface area contributed by atoms with Gasteiger partial charge in [-0.05, 0) is 0 Å². The second-order valence-corrected chi connectivity index (χ2v) is 0. The Morgan fingerprint density at radius 2 is 1.00 bits per heavy atom. The Morgan fingerprint density at radius 3 is 1.00 bits per heavy atom. The topological polar surface area (TPSA) is 31.5 Å². The van der Waals surface area contributed by atoms with Crippen LogP contribution in [-0.4, -0.2) is 31.3 Å². The Bertz CT molecular complexity index is 8.00. The third-order valence-corrected chi connectivity index (χ3v) is 0. The van der Waals surface area contributed by atoms with Crippen LogP contribution in [0.3, 0.4) is 0 Å². The van der Waals surface area contributed by atoms with E-state index in [4.69, 9.17) is 0 Å². The van der Waals surface area contributed by atoms with Gasteiger partial charge in [-0.3, -0.25) is 0 Å². The van der Waals surface area contributed by atoms with Crippen LogP contribution in [0.15, 0.2) is 0 Å². The Morgan fingerprint density at radius 1 is 1.00 bits per heavy atom. The van der Waals surface area contributed by atoms with Crippen molar-refractivity contribution in [1.29, 1.82) is 0 Å². The van der Waals surface area contributed by atoms with Crippen molar-refractivity contribution in [2.24, 2.45) is 0 Å². The molecular weight excluding hydrogens is 244 g/mol. The largest absolute Gasteiger partial charge is 0 e. The first-order chi connectivity index (χ1) is 0. The van der Waals surface area contributed by atoms with E-state index >= 15 is 0 Å². The molecule has 0 aromatic heterocycles. The van der Waals surface area contributed by atoms with Crippen molar-refractivity contribution in [3.63, 3.8) is 0 Å². The molecule has 0 aliphatic carbocycles. The van der Waals surface area contributed by atoms with E-state index in [0.717, 1.165) is 0 Å². The minimum absolute atomic E-state index is 0. The summed E-state index contributed by atoms with van der Waals surface area (Å²) < 4.78 is 0. The van der Waals surface area contributed by atoms with E-state index < -0.39 is 0 Å². The predicted molar refractivity (Wildman–Crippen MR) is 13.6 cm³/mol. The molecule has 0 saturated carbocycles. The minimum atomic E-state index is 0. The Labute approximate surface area is 71.6 Å². The molecular formula is H5InOTiZn. The molecule has 0 bridgehead atoms. The summed E-state index contributed by atoms with van der Waals surface area (Å²) in [6.07, 6.45) is 0. The van der Waals surface area contributed by atoms with Crippen LogP contribution in [0.1, 0.15) is 0 Å². The SMILES string of the molecule is O.[InH3].[Ti].[Zn]. The normalized spacial score (nSPS) is 0. The van der Waals surface area contributed by atoms with Crippen molar-refractivity contribution < 1.29 is 46.7 Å². The van der Waals surface area contributed by atoms with Gasteiger partial charge in [0.25, 0.3) is 0 Å². The summed E-state index contributed by atoms with van der Waals surface area (Å²) >= 11 is 0. The van der Waals surface area contributed by atoms with Crippen LogP contribution in [0.2, 0.25) is 0 Å². The first-order valence-electron chi connectivity index (χ1n) is 0. The summed E-state index contributed by atoms with van der Waals surface area (Å²) in [5.41, 5.74) is 0. The molecule has 4 heavy (non-hydrogen) atoms. The maximum absolute atomic E-state index is 0. The van der Waals surface area contributed by atoms with Gasteiger partial charge < -0.3 is 5.48 Å². The van der Waals surface area contributed by atoms with Gasteiger partial charge in [-0.2, -0.15) is 0 Å². The maximum Gasteiger partial charge on any atom is 0 e. The van der Waals surface area contributed by atoms with Gasteiger partial charge in [0, 0.05) is 41.2 Å². The molecule has 0 rings (SSSR count). The smallest absolute Gasteiger partial charge is 0 e. The number of hydrogen-bond acceptors (Lipinski definition) is 0. The summed E-state index contributed by atoms with van der Waals surface area (Å²) in [5.74, 6) is 0. The first-order valence-corrected chi connectivity index (χ1v) is 0. The molecule has 0 radical (unpaired) electrons. The fourth-order valence-electron chi connectivity index (χ4n) is 0. The van der Waals surface area contributed by atoms with Crippen LogP contribution in [0.25, 0.3) is 0 Å². The van der Waals surface area contributed by atoms with E-state index in [1.54, 1.807) is 0 Å². The summed E-state index contributed by atoms with van der Waals surface area (Å²) in [5, 5.41) is 0. The average Bonchev–Trinajstić information content (AvgIpc) is 0. The van der Waals surface area contributed by atoms with Crippen LogP contribution >= 0.6 is 0 Å². The van der Waals surface area contributed by atoms with Gasteiger partial charge in [-0.25, -0.2) is 0 Å². The van der Waals surface area contributed by atoms with E-state index in [1.807, 2.05) is 0 Å². The van der Waals surface area contributed by atoms with Gasteiger partial charge in [0.05, 0.1) is 0 Å². The molecule has 0 unspecified atom stereocenters. The molecule has 0 aromatic rings. The zero-order valence-electron chi connectivity index (χ0n) is 1.71. The van der Waals surface area contributed by atoms with Crippen molar-refractivity contribution in [3.05, 3.63) is 0 Å². The van der Waals surface area contributed by atoms with E-state index in [-0.39, 0.29) is 72.5 Å². The Hall–Kier alpha value is 2.17. The van der Waals surface area contributed by atoms with E-state index in [9.17, 15) is 0 Å². The van der Waals surface area contributed by atoms with Crippen LogP contribution in [-0.2, 0) is 41.2 Å². The molecule has 0 atom stereocenters. The minimum Gasteiger partial charge on any atom is 0 e. The summed E-state index contributed by atoms with van der Waals surface area (Å²) in [6, 6.07) is 0. The molecule has 2 N–H and O–H groups in total. The van der Waals surface area contributed by atoms with Gasteiger partial charge in [0.1, 0.15) is 0 Å². The number of hydrogen-bond donors (Lipinski definition) is 0. The summed E-state index contributed by atoms with van der Waals surface area (Å²) in [4.78, 5) is 0. The van der Waals surface area contributed by atoms with Crippen molar-refractivity contribution in [3.8, 4) is 0 Å². The van der Waals surface area contributed by atoms with E-state index in [2.05, 4.69) is 0 Å². The summed E-state index contributed by atoms with van der Waals surface area (Å²) in [6.45, 7) is 0. The van der Waals surface area contributed by atoms with Gasteiger partial charge in [-0.15, -0.1) is 0 Å². The van der Waals surface area contributed by atoms with Gasteiger partial charge in [-0.1, -0.05) is 0 Å². The second-order valence-electron chi connectivity index (χ2n) is 0. The second kappa shape index (κ2) is 19.1. The molecule has 0 fully saturated rings. The molecule has 0 aliphatic rings. The van der Waals surface area contributed by atoms with Crippen molar-refractivity contribution >= 4 is 25.8 Å². The van der Waals surface area contributed by atoms with Crippen LogP contribution in [0.4, 0.5) is 0 Å². The predicted octanol–water partition coefficient (Wildman–Crippen LogP) is -2.01. The van der Waals surface area contributed by atoms with Crippen molar-refractivity contribution in [1.82, 2.24) is 0 Å². The van der Waals surface area contributed by atoms with Crippen LogP contribution in [0.5, 0.6) is 0 Å². The number of rotatable bonds is 0. The molecule has 0 heterocycles. The average molecular weight is 249 g/mol. The van der Waals surface area contributed by atoms with Crippen LogP contribution < -0.4 is 0 Å². The van der Waals surface area contributed by atoms with Gasteiger partial charge in [0.2, 0.25) is 0 Å². The monoisotopic (exact) mass is 248 g/mol. The third kappa shape index (κ3) is 8.90. The molecule has 1 nitrogen and oxygen atoms in total. The first kappa shape index (κ1) is 35.1. The fraction of sp³-hybridized carbons (Fsp3) is 0. The van der Waals surface area contributed by atoms with Crippen molar-refractivity contribution in [2.45, 2.75) is 0 Å². The molecule has 0 spiro atoms. The molecule has 0 aromatic carbocycles. The zero-order valence-corrected chi connectivity index (χ0v) is 6.24. The Kier molecular flexibility index (Phi) is 167. The fourth-order valence-corrected chi connectivity index (χ4v) is 0. The quantitative estimate of drug-likeness (QED) is 0.444. The molecule has 0 amide bonds. The summed E-state index contributed by atoms with van der Waals surface area (Å²) in [7, 11) is 0. The molecule has 0 saturated heterocycles. The molecule has 4 heteroatoms. The van der Waals surface area contributed by atoms with Crippen LogP contribution in [0, 0.1) is 0 Å². The molecule has 20 valence electrons. The van der Waals surface area contributed by atoms with Gasteiger partial charge >= 0.3 is 25.8 Å². The third-order valence-electron chi connectivity index (χ3n) is 0. The van der Waals surface area contributed by atoms with Crippen molar-refractivity contribution in [2.75, 3.05) is 0 Å². The zero-order chi connectivity index (χ0) is 0. The van der Waals surface area contributed by atoms with E-state index in [0.29, 0.717) is 0 Å². The van der Waals surface area contributed by atoms with E-state index in [1.165, 1.54) is 0 Å².